The van der Waals surface area contributed by atoms with Crippen LogP contribution in [0.15, 0.2) is 42.5 Å². The molecule has 0 aromatic heterocycles. The SMILES string of the molecule is COc1ccc(/C=C/C(=O)OCC(=O)NC(=O)Nc2ccc3c(c2)OCCO3)c(OC)c1. The van der Waals surface area contributed by atoms with E-state index in [0.29, 0.717) is 47.5 Å². The lowest BCUT2D eigenvalue weighted by Gasteiger charge is -2.19. The Hall–Kier alpha value is -4.21. The highest BCUT2D eigenvalue weighted by Crippen LogP contribution is 2.32. The molecule has 1 aliphatic rings. The lowest BCUT2D eigenvalue weighted by atomic mass is 10.2. The molecule has 168 valence electrons. The predicted molar refractivity (Wildman–Crippen MR) is 114 cm³/mol. The van der Waals surface area contributed by atoms with Gasteiger partial charge in [-0.1, -0.05) is 0 Å². The summed E-state index contributed by atoms with van der Waals surface area (Å²) in [6.07, 6.45) is 2.62. The molecule has 10 heteroatoms. The number of rotatable bonds is 7. The first-order chi connectivity index (χ1) is 15.5. The molecule has 1 aliphatic heterocycles. The van der Waals surface area contributed by atoms with Crippen molar-refractivity contribution in [3.05, 3.63) is 48.0 Å². The summed E-state index contributed by atoms with van der Waals surface area (Å²) >= 11 is 0. The van der Waals surface area contributed by atoms with Crippen LogP contribution in [0.25, 0.3) is 6.08 Å². The van der Waals surface area contributed by atoms with E-state index in [4.69, 9.17) is 23.7 Å². The number of anilines is 1. The van der Waals surface area contributed by atoms with Crippen molar-refractivity contribution in [1.82, 2.24) is 5.32 Å². The summed E-state index contributed by atoms with van der Waals surface area (Å²) in [5.41, 5.74) is 1.03. The Morgan fingerprint density at radius 2 is 1.78 bits per heavy atom. The molecule has 0 saturated heterocycles. The third kappa shape index (κ3) is 6.14. The fourth-order valence-electron chi connectivity index (χ4n) is 2.74. The molecule has 0 unspecified atom stereocenters. The van der Waals surface area contributed by atoms with Gasteiger partial charge in [0.05, 0.1) is 14.2 Å². The number of hydrogen-bond acceptors (Lipinski definition) is 8. The van der Waals surface area contributed by atoms with Gasteiger partial charge in [-0.3, -0.25) is 10.1 Å². The van der Waals surface area contributed by atoms with Crippen molar-refractivity contribution in [3.63, 3.8) is 0 Å². The fourth-order valence-corrected chi connectivity index (χ4v) is 2.74. The van der Waals surface area contributed by atoms with Gasteiger partial charge < -0.3 is 29.0 Å². The van der Waals surface area contributed by atoms with Crippen LogP contribution in [0.3, 0.4) is 0 Å². The molecular weight excluding hydrogens is 420 g/mol. The Labute approximate surface area is 184 Å². The minimum Gasteiger partial charge on any atom is -0.497 e. The number of imide groups is 1. The molecule has 0 saturated carbocycles. The molecule has 2 aromatic rings. The van der Waals surface area contributed by atoms with Gasteiger partial charge in [0.1, 0.15) is 24.7 Å². The molecular formula is C22H22N2O8. The largest absolute Gasteiger partial charge is 0.497 e. The van der Waals surface area contributed by atoms with Crippen molar-refractivity contribution in [3.8, 4) is 23.0 Å². The minimum atomic E-state index is -0.788. The van der Waals surface area contributed by atoms with Crippen LogP contribution >= 0.6 is 0 Å². The van der Waals surface area contributed by atoms with Crippen LogP contribution in [-0.2, 0) is 14.3 Å². The highest BCUT2D eigenvalue weighted by atomic mass is 16.6. The van der Waals surface area contributed by atoms with E-state index in [2.05, 4.69) is 10.6 Å². The summed E-state index contributed by atoms with van der Waals surface area (Å²) in [5.74, 6) is 0.629. The van der Waals surface area contributed by atoms with Crippen molar-refractivity contribution < 1.29 is 38.1 Å². The van der Waals surface area contributed by atoms with Gasteiger partial charge in [0.15, 0.2) is 18.1 Å². The second kappa shape index (κ2) is 10.7. The maximum absolute atomic E-state index is 12.0. The van der Waals surface area contributed by atoms with Crippen LogP contribution in [0.2, 0.25) is 0 Å². The second-order valence-corrected chi connectivity index (χ2v) is 6.41. The van der Waals surface area contributed by atoms with Crippen molar-refractivity contribution >= 4 is 29.7 Å². The van der Waals surface area contributed by atoms with Crippen LogP contribution < -0.4 is 29.6 Å². The first-order valence-electron chi connectivity index (χ1n) is 9.56. The number of fused-ring (bicyclic) bond motifs is 1. The zero-order valence-corrected chi connectivity index (χ0v) is 17.5. The fraction of sp³-hybridized carbons (Fsp3) is 0.227. The van der Waals surface area contributed by atoms with Crippen molar-refractivity contribution in [2.45, 2.75) is 0 Å². The van der Waals surface area contributed by atoms with Crippen LogP contribution in [0, 0.1) is 0 Å². The number of ether oxygens (including phenoxy) is 5. The molecule has 0 fully saturated rings. The van der Waals surface area contributed by atoms with Gasteiger partial charge in [0.25, 0.3) is 5.91 Å². The molecule has 32 heavy (non-hydrogen) atoms. The van der Waals surface area contributed by atoms with Gasteiger partial charge >= 0.3 is 12.0 Å². The number of hydrogen-bond donors (Lipinski definition) is 2. The number of carbonyl (C=O) groups excluding carboxylic acids is 3. The Kier molecular flexibility index (Phi) is 7.52. The number of benzene rings is 2. The average Bonchev–Trinajstić information content (AvgIpc) is 2.81. The Morgan fingerprint density at radius 3 is 2.53 bits per heavy atom. The van der Waals surface area contributed by atoms with Crippen LogP contribution in [0.4, 0.5) is 10.5 Å². The molecule has 2 aromatic carbocycles. The summed E-state index contributed by atoms with van der Waals surface area (Å²) in [5, 5.41) is 4.57. The standard InChI is InChI=1S/C22H22N2O8/c1-28-16-6-3-14(18(12-16)29-2)4-8-21(26)32-13-20(25)24-22(27)23-15-5-7-17-19(11-15)31-10-9-30-17/h3-8,11-12H,9-10,13H2,1-2H3,(H2,23,24,25,27)/b8-4+. The number of esters is 1. The van der Waals surface area contributed by atoms with E-state index in [1.165, 1.54) is 20.3 Å². The number of carbonyl (C=O) groups is 3. The smallest absolute Gasteiger partial charge is 0.331 e. The topological polar surface area (TPSA) is 121 Å². The summed E-state index contributed by atoms with van der Waals surface area (Å²) in [4.78, 5) is 35.7. The van der Waals surface area contributed by atoms with Gasteiger partial charge in [-0.25, -0.2) is 9.59 Å². The molecule has 10 nitrogen and oxygen atoms in total. The molecule has 0 bridgehead atoms. The minimum absolute atomic E-state index is 0.409. The third-order valence-electron chi connectivity index (χ3n) is 4.24. The Bertz CT molecular complexity index is 1030. The van der Waals surface area contributed by atoms with Crippen LogP contribution in [0.1, 0.15) is 5.56 Å². The number of urea groups is 1. The second-order valence-electron chi connectivity index (χ2n) is 6.41. The highest BCUT2D eigenvalue weighted by Gasteiger charge is 2.14. The summed E-state index contributed by atoms with van der Waals surface area (Å²) < 4.78 is 26.0. The molecule has 0 atom stereocenters. The Balaban J connectivity index is 1.45. The molecule has 0 spiro atoms. The maximum atomic E-state index is 12.0. The Morgan fingerprint density at radius 1 is 1.00 bits per heavy atom. The molecule has 3 rings (SSSR count). The summed E-state index contributed by atoms with van der Waals surface area (Å²) in [6.45, 7) is 0.236. The van der Waals surface area contributed by atoms with E-state index in [-0.39, 0.29) is 0 Å². The zero-order chi connectivity index (χ0) is 22.9. The lowest BCUT2D eigenvalue weighted by molar-refractivity contribution is -0.143. The predicted octanol–water partition coefficient (Wildman–Crippen LogP) is 2.38. The lowest BCUT2D eigenvalue weighted by Crippen LogP contribution is -2.37. The zero-order valence-electron chi connectivity index (χ0n) is 17.5. The third-order valence-corrected chi connectivity index (χ3v) is 4.24. The van der Waals surface area contributed by atoms with E-state index in [0.717, 1.165) is 6.08 Å². The summed E-state index contributed by atoms with van der Waals surface area (Å²) in [6, 6.07) is 9.14. The van der Waals surface area contributed by atoms with E-state index in [1.54, 1.807) is 36.4 Å². The number of nitrogens with one attached hydrogen (secondary N) is 2. The molecule has 1 heterocycles. The monoisotopic (exact) mass is 442 g/mol. The van der Waals surface area contributed by atoms with Gasteiger partial charge in [-0.2, -0.15) is 0 Å². The normalized spacial score (nSPS) is 12.1. The van der Waals surface area contributed by atoms with Gasteiger partial charge in [-0.15, -0.1) is 0 Å². The average molecular weight is 442 g/mol. The summed E-state index contributed by atoms with van der Waals surface area (Å²) in [7, 11) is 3.02. The molecule has 3 amide bonds. The van der Waals surface area contributed by atoms with E-state index in [9.17, 15) is 14.4 Å². The van der Waals surface area contributed by atoms with Crippen molar-refractivity contribution in [1.29, 1.82) is 0 Å². The quantitative estimate of drug-likeness (QED) is 0.495. The van der Waals surface area contributed by atoms with E-state index >= 15 is 0 Å². The van der Waals surface area contributed by atoms with Crippen molar-refractivity contribution in [2.24, 2.45) is 0 Å². The number of methoxy groups -OCH3 is 2. The van der Waals surface area contributed by atoms with Crippen LogP contribution in [0.5, 0.6) is 23.0 Å². The first kappa shape index (κ1) is 22.5. The van der Waals surface area contributed by atoms with E-state index in [1.807, 2.05) is 0 Å². The van der Waals surface area contributed by atoms with Gasteiger partial charge in [-0.05, 0) is 30.3 Å². The van der Waals surface area contributed by atoms with Gasteiger partial charge in [0.2, 0.25) is 0 Å². The van der Waals surface area contributed by atoms with Gasteiger partial charge in [0, 0.05) is 29.5 Å². The molecule has 0 aliphatic carbocycles. The number of amides is 3. The molecule has 2 N–H and O–H groups in total. The molecule has 0 radical (unpaired) electrons. The maximum Gasteiger partial charge on any atom is 0.331 e. The first-order valence-corrected chi connectivity index (χ1v) is 9.56. The van der Waals surface area contributed by atoms with Crippen molar-refractivity contribution in [2.75, 3.05) is 39.4 Å². The van der Waals surface area contributed by atoms with Crippen LogP contribution in [-0.4, -0.2) is 51.9 Å². The van der Waals surface area contributed by atoms with E-state index < -0.39 is 24.5 Å². The highest BCUT2D eigenvalue weighted by molar-refractivity contribution is 6.02.